The van der Waals surface area contributed by atoms with Crippen LogP contribution in [0.3, 0.4) is 0 Å². The fraction of sp³-hybridized carbons (Fsp3) is 0.333. The van der Waals surface area contributed by atoms with Crippen molar-refractivity contribution in [1.82, 2.24) is 4.90 Å². The molecule has 0 amide bonds. The van der Waals surface area contributed by atoms with Crippen molar-refractivity contribution in [2.24, 2.45) is 0 Å². The lowest BCUT2D eigenvalue weighted by atomic mass is 10.1. The first-order valence-corrected chi connectivity index (χ1v) is 8.13. The molecule has 0 aliphatic heterocycles. The first kappa shape index (κ1) is 15.8. The van der Waals surface area contributed by atoms with Crippen LogP contribution in [0.5, 0.6) is 0 Å². The Morgan fingerprint density at radius 3 is 2.81 bits per heavy atom. The van der Waals surface area contributed by atoms with Gasteiger partial charge < -0.3 is 5.11 Å². The summed E-state index contributed by atoms with van der Waals surface area (Å²) in [6.45, 7) is 5.27. The average Bonchev–Trinajstić information content (AvgIpc) is 3.00. The maximum atomic E-state index is 8.76. The number of hydrogen-bond donors (Lipinski definition) is 1. The second kappa shape index (κ2) is 8.63. The summed E-state index contributed by atoms with van der Waals surface area (Å²) >= 11 is 1.81. The second-order valence-electron chi connectivity index (χ2n) is 4.86. The second-order valence-corrected chi connectivity index (χ2v) is 5.89. The largest absolute Gasteiger partial charge is 0.395 e. The number of thiophene rings is 1. The van der Waals surface area contributed by atoms with Gasteiger partial charge in [-0.25, -0.2) is 0 Å². The molecule has 0 bridgehead atoms. The smallest absolute Gasteiger partial charge is 0.0540 e. The fourth-order valence-corrected chi connectivity index (χ4v) is 2.87. The van der Waals surface area contributed by atoms with Crippen LogP contribution in [-0.2, 0) is 13.1 Å². The fourth-order valence-electron chi connectivity index (χ4n) is 2.13. The highest BCUT2D eigenvalue weighted by atomic mass is 32.1. The van der Waals surface area contributed by atoms with Crippen molar-refractivity contribution in [1.29, 1.82) is 0 Å². The van der Waals surface area contributed by atoms with Gasteiger partial charge in [0.1, 0.15) is 0 Å². The summed E-state index contributed by atoms with van der Waals surface area (Å²) in [5.41, 5.74) is 2.30. The Morgan fingerprint density at radius 1 is 1.19 bits per heavy atom. The standard InChI is InChI=1S/C18H21NOS/c1-2-19(15-18-10-6-12-21-18)14-17-9-5-8-16(13-17)7-3-4-11-20/h5-6,8-10,12-13,20H,2,4,11,14-15H2,1H3. The van der Waals surface area contributed by atoms with E-state index in [9.17, 15) is 0 Å². The van der Waals surface area contributed by atoms with Gasteiger partial charge >= 0.3 is 0 Å². The highest BCUT2D eigenvalue weighted by molar-refractivity contribution is 7.09. The van der Waals surface area contributed by atoms with E-state index in [1.165, 1.54) is 10.4 Å². The monoisotopic (exact) mass is 299 g/mol. The molecule has 1 aromatic carbocycles. The lowest BCUT2D eigenvalue weighted by Crippen LogP contribution is -2.21. The molecule has 2 rings (SSSR count). The molecule has 0 aliphatic carbocycles. The molecule has 0 saturated carbocycles. The summed E-state index contributed by atoms with van der Waals surface area (Å²) in [6, 6.07) is 12.6. The van der Waals surface area contributed by atoms with Crippen molar-refractivity contribution in [3.05, 3.63) is 57.8 Å². The van der Waals surface area contributed by atoms with Gasteiger partial charge in [0.05, 0.1) is 6.61 Å². The maximum Gasteiger partial charge on any atom is 0.0540 e. The minimum absolute atomic E-state index is 0.122. The lowest BCUT2D eigenvalue weighted by molar-refractivity contribution is 0.274. The third-order valence-electron chi connectivity index (χ3n) is 3.21. The molecule has 0 spiro atoms. The summed E-state index contributed by atoms with van der Waals surface area (Å²) in [5.74, 6) is 6.07. The highest BCUT2D eigenvalue weighted by Crippen LogP contribution is 2.14. The number of hydrogen-bond acceptors (Lipinski definition) is 3. The molecule has 3 heteroatoms. The average molecular weight is 299 g/mol. The van der Waals surface area contributed by atoms with Crippen molar-refractivity contribution in [3.8, 4) is 11.8 Å². The zero-order valence-electron chi connectivity index (χ0n) is 12.4. The van der Waals surface area contributed by atoms with E-state index in [1.807, 2.05) is 6.07 Å². The van der Waals surface area contributed by atoms with Crippen LogP contribution in [0.1, 0.15) is 29.3 Å². The van der Waals surface area contributed by atoms with Crippen LogP contribution in [0.25, 0.3) is 0 Å². The van der Waals surface area contributed by atoms with Gasteiger partial charge in [0.15, 0.2) is 0 Å². The van der Waals surface area contributed by atoms with E-state index >= 15 is 0 Å². The summed E-state index contributed by atoms with van der Waals surface area (Å²) in [4.78, 5) is 3.82. The van der Waals surface area contributed by atoms with Crippen LogP contribution in [-0.4, -0.2) is 23.2 Å². The van der Waals surface area contributed by atoms with Crippen molar-refractivity contribution >= 4 is 11.3 Å². The van der Waals surface area contributed by atoms with Crippen LogP contribution in [0.2, 0.25) is 0 Å². The molecule has 2 nitrogen and oxygen atoms in total. The first-order valence-electron chi connectivity index (χ1n) is 7.25. The van der Waals surface area contributed by atoms with Gasteiger partial charge in [0.2, 0.25) is 0 Å². The molecule has 0 radical (unpaired) electrons. The van der Waals surface area contributed by atoms with Gasteiger partial charge in [-0.15, -0.1) is 11.3 Å². The molecule has 0 atom stereocenters. The Hall–Kier alpha value is -1.60. The van der Waals surface area contributed by atoms with Gasteiger partial charge in [-0.1, -0.05) is 37.0 Å². The predicted molar refractivity (Wildman–Crippen MR) is 89.1 cm³/mol. The summed E-state index contributed by atoms with van der Waals surface area (Å²) in [6.07, 6.45) is 0.531. The zero-order valence-corrected chi connectivity index (χ0v) is 13.2. The molecule has 2 aromatic rings. The molecule has 0 aliphatic rings. The molecular formula is C18H21NOS. The Bertz CT molecular complexity index is 595. The minimum Gasteiger partial charge on any atom is -0.395 e. The summed E-state index contributed by atoms with van der Waals surface area (Å²) in [5, 5.41) is 10.9. The molecular weight excluding hydrogens is 278 g/mol. The molecule has 0 saturated heterocycles. The SMILES string of the molecule is CCN(Cc1cccc(C#CCCO)c1)Cc1cccs1. The van der Waals surface area contributed by atoms with Crippen LogP contribution in [0.15, 0.2) is 41.8 Å². The quantitative estimate of drug-likeness (QED) is 0.825. The van der Waals surface area contributed by atoms with E-state index in [2.05, 4.69) is 59.4 Å². The van der Waals surface area contributed by atoms with E-state index in [0.29, 0.717) is 6.42 Å². The molecule has 110 valence electrons. The van der Waals surface area contributed by atoms with E-state index in [-0.39, 0.29) is 6.61 Å². The lowest BCUT2D eigenvalue weighted by Gasteiger charge is -2.19. The Labute approximate surface area is 131 Å². The van der Waals surface area contributed by atoms with Gasteiger partial charge in [0, 0.05) is 30.0 Å². The Balaban J connectivity index is 2.00. The maximum absolute atomic E-state index is 8.76. The van der Waals surface area contributed by atoms with Gasteiger partial charge in [-0.2, -0.15) is 0 Å². The van der Waals surface area contributed by atoms with E-state index in [4.69, 9.17) is 5.11 Å². The zero-order chi connectivity index (χ0) is 14.9. The predicted octanol–water partition coefficient (Wildman–Crippen LogP) is 3.50. The Morgan fingerprint density at radius 2 is 2.10 bits per heavy atom. The third kappa shape index (κ3) is 5.35. The van der Waals surface area contributed by atoms with Crippen molar-refractivity contribution < 1.29 is 5.11 Å². The summed E-state index contributed by atoms with van der Waals surface area (Å²) < 4.78 is 0. The highest BCUT2D eigenvalue weighted by Gasteiger charge is 2.06. The number of aliphatic hydroxyl groups excluding tert-OH is 1. The first-order chi connectivity index (χ1) is 10.3. The van der Waals surface area contributed by atoms with Crippen molar-refractivity contribution in [2.45, 2.75) is 26.4 Å². The third-order valence-corrected chi connectivity index (χ3v) is 4.07. The van der Waals surface area contributed by atoms with Gasteiger partial charge in [0.25, 0.3) is 0 Å². The molecule has 1 aromatic heterocycles. The van der Waals surface area contributed by atoms with Gasteiger partial charge in [-0.3, -0.25) is 4.90 Å². The Kier molecular flexibility index (Phi) is 6.49. The van der Waals surface area contributed by atoms with Crippen LogP contribution < -0.4 is 0 Å². The normalized spacial score (nSPS) is 10.4. The van der Waals surface area contributed by atoms with Crippen molar-refractivity contribution in [2.75, 3.05) is 13.2 Å². The molecule has 1 heterocycles. The number of nitrogens with zero attached hydrogens (tertiary/aromatic N) is 1. The molecule has 21 heavy (non-hydrogen) atoms. The number of rotatable bonds is 6. The topological polar surface area (TPSA) is 23.5 Å². The number of aliphatic hydroxyl groups is 1. The van der Waals surface area contributed by atoms with E-state index in [0.717, 1.165) is 25.2 Å². The molecule has 0 unspecified atom stereocenters. The molecule has 1 N–H and O–H groups in total. The minimum atomic E-state index is 0.122. The molecule has 0 fully saturated rings. The van der Waals surface area contributed by atoms with Gasteiger partial charge in [-0.05, 0) is 35.7 Å². The van der Waals surface area contributed by atoms with Crippen LogP contribution in [0, 0.1) is 11.8 Å². The van der Waals surface area contributed by atoms with E-state index in [1.54, 1.807) is 11.3 Å². The summed E-state index contributed by atoms with van der Waals surface area (Å²) in [7, 11) is 0. The van der Waals surface area contributed by atoms with E-state index < -0.39 is 0 Å². The van der Waals surface area contributed by atoms with Crippen LogP contribution >= 0.6 is 11.3 Å². The number of benzene rings is 1. The van der Waals surface area contributed by atoms with Crippen molar-refractivity contribution in [3.63, 3.8) is 0 Å². The van der Waals surface area contributed by atoms with Crippen LogP contribution in [0.4, 0.5) is 0 Å².